The normalized spacial score (nSPS) is 25.0. The van der Waals surface area contributed by atoms with Crippen LogP contribution in [0.4, 0.5) is 0 Å². The molecule has 0 aliphatic carbocycles. The fourth-order valence-corrected chi connectivity index (χ4v) is 4.10. The summed E-state index contributed by atoms with van der Waals surface area (Å²) in [6, 6.07) is -3.75. The van der Waals surface area contributed by atoms with E-state index in [0.29, 0.717) is 38.8 Å². The van der Waals surface area contributed by atoms with E-state index < -0.39 is 54.1 Å². The molecular formula is C20H35N5O6. The summed E-state index contributed by atoms with van der Waals surface area (Å²) in [5.74, 6) is -1.78. The van der Waals surface area contributed by atoms with Crippen LogP contribution in [-0.2, 0) is 19.2 Å². The molecule has 0 spiro atoms. The van der Waals surface area contributed by atoms with Crippen LogP contribution in [0.3, 0.4) is 0 Å². The number of nitrogens with zero attached hydrogens (tertiary/aromatic N) is 3. The Morgan fingerprint density at radius 1 is 0.968 bits per heavy atom. The van der Waals surface area contributed by atoms with Gasteiger partial charge in [0.2, 0.25) is 23.6 Å². The molecule has 2 aliphatic heterocycles. The molecule has 0 radical (unpaired) electrons. The van der Waals surface area contributed by atoms with Crippen molar-refractivity contribution in [3.05, 3.63) is 0 Å². The number of aliphatic hydroxyl groups excluding tert-OH is 2. The highest BCUT2D eigenvalue weighted by atomic mass is 16.3. The second-order valence-electron chi connectivity index (χ2n) is 8.61. The van der Waals surface area contributed by atoms with Crippen LogP contribution >= 0.6 is 0 Å². The number of likely N-dealkylation sites (N-methyl/N-ethyl adjacent to an activating group) is 1. The third-order valence-electron chi connectivity index (χ3n) is 5.95. The largest absolute Gasteiger partial charge is 0.391 e. The van der Waals surface area contributed by atoms with Crippen LogP contribution in [-0.4, -0.2) is 112 Å². The summed E-state index contributed by atoms with van der Waals surface area (Å²) in [6.07, 6.45) is -0.0274. The molecule has 0 saturated carbocycles. The van der Waals surface area contributed by atoms with Gasteiger partial charge in [0.25, 0.3) is 0 Å². The van der Waals surface area contributed by atoms with Crippen LogP contribution in [0.1, 0.15) is 39.5 Å². The van der Waals surface area contributed by atoms with Crippen molar-refractivity contribution < 1.29 is 29.4 Å². The van der Waals surface area contributed by atoms with Crippen LogP contribution in [0, 0.1) is 0 Å². The standard InChI is InChI=1S/C20H35N5O6/c1-11(26)15(21)19(30)25-10-6-8-14(25)18(29)24-9-5-7-13(24)17(28)22-16(12(2)27)20(31)23(3)4/h11-16,26-27H,5-10,21H2,1-4H3,(H,22,28)/t11-,12-,13+,14+,15+,16+/m1/s1. The van der Waals surface area contributed by atoms with Gasteiger partial charge in [-0.15, -0.1) is 0 Å². The first-order chi connectivity index (χ1) is 14.5. The Labute approximate surface area is 182 Å². The van der Waals surface area contributed by atoms with E-state index in [1.165, 1.54) is 42.6 Å². The Morgan fingerprint density at radius 2 is 1.52 bits per heavy atom. The van der Waals surface area contributed by atoms with Gasteiger partial charge in [-0.05, 0) is 39.5 Å². The van der Waals surface area contributed by atoms with E-state index in [4.69, 9.17) is 5.73 Å². The summed E-state index contributed by atoms with van der Waals surface area (Å²) >= 11 is 0. The number of carbonyl (C=O) groups is 4. The van der Waals surface area contributed by atoms with Crippen molar-refractivity contribution in [3.8, 4) is 0 Å². The van der Waals surface area contributed by atoms with Crippen molar-refractivity contribution in [1.82, 2.24) is 20.0 Å². The zero-order valence-corrected chi connectivity index (χ0v) is 18.7. The summed E-state index contributed by atoms with van der Waals surface area (Å²) in [5, 5.41) is 22.2. The number of hydrogen-bond acceptors (Lipinski definition) is 7. The molecule has 2 fully saturated rings. The third kappa shape index (κ3) is 5.52. The second-order valence-corrected chi connectivity index (χ2v) is 8.61. The topological polar surface area (TPSA) is 157 Å². The zero-order valence-electron chi connectivity index (χ0n) is 18.7. The van der Waals surface area contributed by atoms with E-state index in [2.05, 4.69) is 5.32 Å². The highest BCUT2D eigenvalue weighted by Crippen LogP contribution is 2.25. The maximum Gasteiger partial charge on any atom is 0.247 e. The predicted octanol–water partition coefficient (Wildman–Crippen LogP) is -2.37. The molecule has 0 unspecified atom stereocenters. The van der Waals surface area contributed by atoms with Gasteiger partial charge < -0.3 is 36.0 Å². The van der Waals surface area contributed by atoms with E-state index in [1.54, 1.807) is 0 Å². The minimum atomic E-state index is -1.12. The van der Waals surface area contributed by atoms with Crippen molar-refractivity contribution in [3.63, 3.8) is 0 Å². The molecule has 2 heterocycles. The lowest BCUT2D eigenvalue weighted by Crippen LogP contribution is -2.59. The van der Waals surface area contributed by atoms with Gasteiger partial charge in [-0.25, -0.2) is 0 Å². The van der Waals surface area contributed by atoms with E-state index in [0.717, 1.165) is 0 Å². The molecule has 0 aromatic heterocycles. The average molecular weight is 442 g/mol. The number of rotatable bonds is 7. The molecule has 0 aromatic rings. The average Bonchev–Trinajstić information content (AvgIpc) is 3.38. The molecule has 11 heteroatoms. The van der Waals surface area contributed by atoms with Crippen LogP contribution in [0.2, 0.25) is 0 Å². The Balaban J connectivity index is 2.13. The van der Waals surface area contributed by atoms with Gasteiger partial charge in [-0.1, -0.05) is 0 Å². The van der Waals surface area contributed by atoms with Gasteiger partial charge in [0.1, 0.15) is 24.2 Å². The molecule has 11 nitrogen and oxygen atoms in total. The molecule has 5 N–H and O–H groups in total. The van der Waals surface area contributed by atoms with Gasteiger partial charge >= 0.3 is 0 Å². The van der Waals surface area contributed by atoms with Crippen LogP contribution in [0.25, 0.3) is 0 Å². The van der Waals surface area contributed by atoms with Crippen LogP contribution < -0.4 is 11.1 Å². The van der Waals surface area contributed by atoms with E-state index in [9.17, 15) is 29.4 Å². The number of aliphatic hydroxyl groups is 2. The monoisotopic (exact) mass is 441 g/mol. The van der Waals surface area contributed by atoms with Crippen molar-refractivity contribution in [2.75, 3.05) is 27.2 Å². The summed E-state index contributed by atoms with van der Waals surface area (Å²) in [5.41, 5.74) is 5.78. The lowest BCUT2D eigenvalue weighted by Gasteiger charge is -2.33. The molecule has 0 aromatic carbocycles. The van der Waals surface area contributed by atoms with Crippen molar-refractivity contribution in [1.29, 1.82) is 0 Å². The maximum atomic E-state index is 13.3. The minimum Gasteiger partial charge on any atom is -0.391 e. The molecule has 176 valence electrons. The maximum absolute atomic E-state index is 13.3. The SMILES string of the molecule is C[C@@H](O)[C@H](N)C(=O)N1CCC[C@H]1C(=O)N1CCC[C@H]1C(=O)N[C@H](C(=O)N(C)C)[C@@H](C)O. The molecule has 31 heavy (non-hydrogen) atoms. The van der Waals surface area contributed by atoms with Crippen molar-refractivity contribution in [2.24, 2.45) is 5.73 Å². The Morgan fingerprint density at radius 3 is 2.03 bits per heavy atom. The van der Waals surface area contributed by atoms with Crippen molar-refractivity contribution in [2.45, 2.75) is 75.9 Å². The minimum absolute atomic E-state index is 0.339. The quantitative estimate of drug-likeness (QED) is 0.344. The lowest BCUT2D eigenvalue weighted by molar-refractivity contribution is -0.148. The molecule has 4 amide bonds. The molecule has 2 aliphatic rings. The van der Waals surface area contributed by atoms with E-state index in [-0.39, 0.29) is 5.91 Å². The molecule has 2 rings (SSSR count). The fraction of sp³-hybridized carbons (Fsp3) is 0.800. The summed E-state index contributed by atoms with van der Waals surface area (Å²) in [6.45, 7) is 3.56. The molecule has 0 bridgehead atoms. The van der Waals surface area contributed by atoms with Gasteiger partial charge in [0.05, 0.1) is 12.2 Å². The molecule has 6 atom stereocenters. The van der Waals surface area contributed by atoms with Gasteiger partial charge in [0, 0.05) is 27.2 Å². The van der Waals surface area contributed by atoms with Crippen molar-refractivity contribution >= 4 is 23.6 Å². The predicted molar refractivity (Wildman–Crippen MR) is 111 cm³/mol. The summed E-state index contributed by atoms with van der Waals surface area (Å²) in [4.78, 5) is 55.2. The highest BCUT2D eigenvalue weighted by molar-refractivity contribution is 5.95. The second kappa shape index (κ2) is 10.4. The first-order valence-corrected chi connectivity index (χ1v) is 10.7. The van der Waals surface area contributed by atoms with Gasteiger partial charge in [-0.3, -0.25) is 19.2 Å². The summed E-state index contributed by atoms with van der Waals surface area (Å²) < 4.78 is 0. The number of amides is 4. The summed E-state index contributed by atoms with van der Waals surface area (Å²) in [7, 11) is 3.05. The van der Waals surface area contributed by atoms with Gasteiger partial charge in [-0.2, -0.15) is 0 Å². The lowest BCUT2D eigenvalue weighted by atomic mass is 10.1. The van der Waals surface area contributed by atoms with E-state index >= 15 is 0 Å². The highest BCUT2D eigenvalue weighted by Gasteiger charge is 2.44. The Hall–Kier alpha value is -2.24. The van der Waals surface area contributed by atoms with Crippen LogP contribution in [0.5, 0.6) is 0 Å². The number of hydrogen-bond donors (Lipinski definition) is 4. The molecular weight excluding hydrogens is 406 g/mol. The Bertz CT molecular complexity index is 698. The van der Waals surface area contributed by atoms with Gasteiger partial charge in [0.15, 0.2) is 0 Å². The molecule has 2 saturated heterocycles. The number of nitrogens with two attached hydrogens (primary N) is 1. The Kier molecular flexibility index (Phi) is 8.38. The fourth-order valence-electron chi connectivity index (χ4n) is 4.10. The number of carbonyl (C=O) groups excluding carboxylic acids is 4. The first-order valence-electron chi connectivity index (χ1n) is 10.7. The van der Waals surface area contributed by atoms with Crippen LogP contribution in [0.15, 0.2) is 0 Å². The zero-order chi connectivity index (χ0) is 23.5. The first kappa shape index (κ1) is 25.0. The van der Waals surface area contributed by atoms with E-state index in [1.807, 2.05) is 0 Å². The smallest absolute Gasteiger partial charge is 0.247 e. The third-order valence-corrected chi connectivity index (χ3v) is 5.95. The number of nitrogens with one attached hydrogen (secondary N) is 1. The number of likely N-dealkylation sites (tertiary alicyclic amines) is 2.